The minimum atomic E-state index is -4.79. The molecule has 0 spiro atoms. The Hall–Kier alpha value is 0.530. The number of nitrogens with two attached hydrogens (primary N) is 1. The molecule has 2 radical (unpaired) electrons. The van der Waals surface area contributed by atoms with Crippen molar-refractivity contribution in [3.8, 4) is 0 Å². The van der Waals surface area contributed by atoms with Gasteiger partial charge in [0.15, 0.2) is 23.6 Å². The zero-order valence-electron chi connectivity index (χ0n) is 15.5. The first kappa shape index (κ1) is 27.6. The second-order valence-electron chi connectivity index (χ2n) is 5.87. The number of hydrogen-bond acceptors (Lipinski definition) is 10. The third-order valence-electron chi connectivity index (χ3n) is 3.80. The largest absolute Gasteiger partial charge is 0.387 e. The summed E-state index contributed by atoms with van der Waals surface area (Å²) in [7, 11) is -9.42. The molecule has 18 heteroatoms. The average Bonchev–Trinajstić information content (AvgIpc) is 3.07. The minimum Gasteiger partial charge on any atom is -0.387 e. The molecule has 0 bridgehead atoms. The Balaban J connectivity index is 0.00000210. The maximum absolute atomic E-state index is 11.7. The van der Waals surface area contributed by atoms with Gasteiger partial charge in [0.05, 0.1) is 12.9 Å². The van der Waals surface area contributed by atoms with Crippen LogP contribution in [0.25, 0.3) is 11.2 Å². The van der Waals surface area contributed by atoms with E-state index in [0.29, 0.717) is 0 Å². The number of aromatic nitrogens is 4. The average molecular weight is 471 g/mol. The van der Waals surface area contributed by atoms with Crippen molar-refractivity contribution in [2.45, 2.75) is 24.5 Å². The molecule has 0 amide bonds. The quantitative estimate of drug-likeness (QED) is 0.191. The maximum atomic E-state index is 11.7. The number of rotatable bonds is 6. The first-order valence-corrected chi connectivity index (χ1v) is 11.0. The maximum Gasteiger partial charge on any atom is 0.340 e. The van der Waals surface area contributed by atoms with Gasteiger partial charge in [0.2, 0.25) is 0 Å². The van der Waals surface area contributed by atoms with E-state index >= 15 is 0 Å². The predicted molar refractivity (Wildman–Crippen MR) is 99.9 cm³/mol. The van der Waals surface area contributed by atoms with Crippen LogP contribution in [0.2, 0.25) is 0 Å². The van der Waals surface area contributed by atoms with Gasteiger partial charge < -0.3 is 39.9 Å². The SMILES string of the molecule is Nc1ncnc2c1ncn2[C@@H]1O[C@H](COP(=O)(O)CP(=O)(O)O)[C@@H](O)[C@H]1O.[Na].[Na]. The number of aliphatic hydroxyl groups is 2. The third-order valence-corrected chi connectivity index (χ3v) is 7.26. The van der Waals surface area contributed by atoms with Crippen LogP contribution in [0.4, 0.5) is 5.82 Å². The van der Waals surface area contributed by atoms with Gasteiger partial charge in [-0.1, -0.05) is 0 Å². The zero-order chi connectivity index (χ0) is 20.0. The van der Waals surface area contributed by atoms with Gasteiger partial charge in [0, 0.05) is 59.1 Å². The van der Waals surface area contributed by atoms with Gasteiger partial charge in [0.1, 0.15) is 30.2 Å². The molecule has 1 saturated heterocycles. The Morgan fingerprint density at radius 1 is 1.14 bits per heavy atom. The third kappa shape index (κ3) is 6.51. The minimum absolute atomic E-state index is 0. The van der Waals surface area contributed by atoms with Crippen molar-refractivity contribution in [1.82, 2.24) is 19.5 Å². The van der Waals surface area contributed by atoms with E-state index in [1.54, 1.807) is 0 Å². The van der Waals surface area contributed by atoms with Crippen molar-refractivity contribution in [3.05, 3.63) is 12.7 Å². The van der Waals surface area contributed by atoms with Gasteiger partial charge in [-0.05, 0) is 0 Å². The number of ether oxygens (including phenoxy) is 1. The van der Waals surface area contributed by atoms with Crippen molar-refractivity contribution in [3.63, 3.8) is 0 Å². The van der Waals surface area contributed by atoms with E-state index in [0.717, 1.165) is 0 Å². The molecule has 29 heavy (non-hydrogen) atoms. The summed E-state index contributed by atoms with van der Waals surface area (Å²) in [4.78, 5) is 38.8. The van der Waals surface area contributed by atoms with Crippen molar-refractivity contribution in [2.75, 3.05) is 18.2 Å². The summed E-state index contributed by atoms with van der Waals surface area (Å²) >= 11 is 0. The monoisotopic (exact) mass is 471 g/mol. The molecule has 7 N–H and O–H groups in total. The normalized spacial score (nSPS) is 26.5. The number of nitrogen functional groups attached to an aromatic ring is 1. The van der Waals surface area contributed by atoms with Crippen LogP contribution < -0.4 is 5.73 Å². The van der Waals surface area contributed by atoms with Gasteiger partial charge in [-0.3, -0.25) is 13.7 Å². The molecule has 1 aliphatic heterocycles. The number of imidazole rings is 1. The van der Waals surface area contributed by atoms with E-state index < -0.39 is 52.2 Å². The van der Waals surface area contributed by atoms with Crippen LogP contribution in [0.3, 0.4) is 0 Å². The van der Waals surface area contributed by atoms with Crippen LogP contribution >= 0.6 is 15.2 Å². The Morgan fingerprint density at radius 2 is 1.79 bits per heavy atom. The summed E-state index contributed by atoms with van der Waals surface area (Å²) in [5, 5.41) is 20.3. The number of hydrogen-bond donors (Lipinski definition) is 6. The summed E-state index contributed by atoms with van der Waals surface area (Å²) < 4.78 is 33.9. The van der Waals surface area contributed by atoms with Gasteiger partial charge >= 0.3 is 15.2 Å². The van der Waals surface area contributed by atoms with Gasteiger partial charge in [0.25, 0.3) is 0 Å². The van der Waals surface area contributed by atoms with Crippen molar-refractivity contribution in [2.24, 2.45) is 0 Å². The van der Waals surface area contributed by atoms with Crippen LogP contribution in [0, 0.1) is 0 Å². The fourth-order valence-corrected chi connectivity index (χ4v) is 5.19. The van der Waals surface area contributed by atoms with Crippen molar-refractivity contribution in [1.29, 1.82) is 0 Å². The van der Waals surface area contributed by atoms with E-state index in [1.165, 1.54) is 17.2 Å². The molecule has 1 unspecified atom stereocenters. The van der Waals surface area contributed by atoms with E-state index in [2.05, 4.69) is 19.5 Å². The van der Waals surface area contributed by atoms with E-state index in [4.69, 9.17) is 20.3 Å². The second kappa shape index (κ2) is 10.4. The van der Waals surface area contributed by atoms with Gasteiger partial charge in [-0.2, -0.15) is 0 Å². The summed E-state index contributed by atoms with van der Waals surface area (Å²) in [6.07, 6.45) is -2.94. The molecule has 3 rings (SSSR count). The standard InChI is InChI=1S/C11H17N5O9P2.2Na/c12-9-6-10(14-2-13-9)16(3-15-6)11-8(18)7(17)5(25-11)1-24-27(22,23)4-26(19,20)21;;/h2-3,5,7-8,11,17-18H,1,4H2,(H,22,23)(H2,12,13,14)(H2,19,20,21);;/t5-,7-,8-,11-;;/m1../s1. The molecule has 1 fully saturated rings. The Labute approximate surface area is 208 Å². The van der Waals surface area contributed by atoms with Crippen LogP contribution in [-0.2, 0) is 18.4 Å². The molecule has 3 heterocycles. The molecule has 0 aromatic carbocycles. The van der Waals surface area contributed by atoms with Gasteiger partial charge in [-0.25, -0.2) is 15.0 Å². The Kier molecular flexibility index (Phi) is 9.91. The van der Waals surface area contributed by atoms with E-state index in [-0.39, 0.29) is 76.1 Å². The summed E-state index contributed by atoms with van der Waals surface area (Å²) in [6.45, 7) is -0.688. The number of aliphatic hydroxyl groups excluding tert-OH is 2. The molecule has 2 aromatic rings. The fraction of sp³-hybridized carbons (Fsp3) is 0.545. The molecule has 1 aliphatic rings. The molecule has 152 valence electrons. The van der Waals surface area contributed by atoms with Crippen molar-refractivity contribution < 1.29 is 43.3 Å². The molecular formula is C11H17N5Na2O9P2. The first-order chi connectivity index (χ1) is 12.5. The van der Waals surface area contributed by atoms with Crippen molar-refractivity contribution >= 4 is 91.3 Å². The van der Waals surface area contributed by atoms with Crippen LogP contribution in [0.15, 0.2) is 12.7 Å². The molecular weight excluding hydrogens is 454 g/mol. The number of fused-ring (bicyclic) bond motifs is 1. The fourth-order valence-electron chi connectivity index (χ4n) is 2.62. The molecule has 5 atom stereocenters. The van der Waals surface area contributed by atoms with Crippen LogP contribution in [0.5, 0.6) is 0 Å². The van der Waals surface area contributed by atoms with E-state index in [1.807, 2.05) is 0 Å². The topological polar surface area (TPSA) is 223 Å². The zero-order valence-corrected chi connectivity index (χ0v) is 21.3. The predicted octanol–water partition coefficient (Wildman–Crippen LogP) is -2.40. The summed E-state index contributed by atoms with van der Waals surface area (Å²) in [6, 6.07) is 0. The van der Waals surface area contributed by atoms with Crippen LogP contribution in [0.1, 0.15) is 6.23 Å². The number of nitrogens with zero attached hydrogens (tertiary/aromatic N) is 4. The number of anilines is 1. The second-order valence-corrected chi connectivity index (χ2v) is 9.86. The van der Waals surface area contributed by atoms with Gasteiger partial charge in [-0.15, -0.1) is 0 Å². The molecule has 0 aliphatic carbocycles. The molecule has 0 saturated carbocycles. The smallest absolute Gasteiger partial charge is 0.340 e. The molecule has 14 nitrogen and oxygen atoms in total. The van der Waals surface area contributed by atoms with E-state index in [9.17, 15) is 24.2 Å². The first-order valence-electron chi connectivity index (χ1n) is 7.44. The summed E-state index contributed by atoms with van der Waals surface area (Å²) in [5.41, 5.74) is 6.17. The van der Waals surface area contributed by atoms with Crippen LogP contribution in [-0.4, -0.2) is 134 Å². The molecule has 2 aromatic heterocycles. The summed E-state index contributed by atoms with van der Waals surface area (Å²) in [5.74, 6) is -1.28. The Bertz CT molecular complexity index is 943. The Morgan fingerprint density at radius 3 is 2.41 bits per heavy atom.